The van der Waals surface area contributed by atoms with E-state index < -0.39 is 0 Å². The SMILES string of the molecule is Nc1ccc(OCCCN2CCOC3CCCCC32)cc1. The minimum absolute atomic E-state index is 0.477. The zero-order valence-electron chi connectivity index (χ0n) is 12.7. The number of anilines is 1. The number of hydrogen-bond donors (Lipinski definition) is 1. The normalized spacial score (nSPS) is 26.3. The molecule has 1 saturated heterocycles. The van der Waals surface area contributed by atoms with Gasteiger partial charge in [0.05, 0.1) is 19.3 Å². The molecule has 1 aliphatic carbocycles. The van der Waals surface area contributed by atoms with Crippen molar-refractivity contribution in [2.75, 3.05) is 32.0 Å². The standard InChI is InChI=1S/C17H26N2O2/c18-14-6-8-15(9-7-14)20-12-3-10-19-11-13-21-17-5-2-1-4-16(17)19/h6-9,16-17H,1-5,10-13,18H2. The fraction of sp³-hybridized carbons (Fsp3) is 0.647. The Hall–Kier alpha value is -1.26. The summed E-state index contributed by atoms with van der Waals surface area (Å²) in [5.41, 5.74) is 6.44. The van der Waals surface area contributed by atoms with Gasteiger partial charge in [-0.2, -0.15) is 0 Å². The van der Waals surface area contributed by atoms with E-state index in [4.69, 9.17) is 15.2 Å². The molecular formula is C17H26N2O2. The van der Waals surface area contributed by atoms with Gasteiger partial charge in [0.15, 0.2) is 0 Å². The van der Waals surface area contributed by atoms with Crippen molar-refractivity contribution < 1.29 is 9.47 Å². The van der Waals surface area contributed by atoms with E-state index >= 15 is 0 Å². The monoisotopic (exact) mass is 290 g/mol. The number of morpholine rings is 1. The van der Waals surface area contributed by atoms with Crippen LogP contribution in [0.5, 0.6) is 5.75 Å². The molecule has 116 valence electrons. The predicted octanol–water partition coefficient (Wildman–Crippen LogP) is 2.68. The lowest BCUT2D eigenvalue weighted by Gasteiger charge is -2.43. The number of nitrogens with two attached hydrogens (primary N) is 1. The fourth-order valence-corrected chi connectivity index (χ4v) is 3.48. The molecule has 0 bridgehead atoms. The highest BCUT2D eigenvalue weighted by Crippen LogP contribution is 2.28. The molecule has 1 aromatic carbocycles. The summed E-state index contributed by atoms with van der Waals surface area (Å²) in [5, 5.41) is 0. The smallest absolute Gasteiger partial charge is 0.119 e. The van der Waals surface area contributed by atoms with Gasteiger partial charge in [-0.05, 0) is 43.5 Å². The van der Waals surface area contributed by atoms with Gasteiger partial charge in [-0.1, -0.05) is 12.8 Å². The predicted molar refractivity (Wildman–Crippen MR) is 84.5 cm³/mol. The molecule has 2 atom stereocenters. The van der Waals surface area contributed by atoms with Crippen molar-refractivity contribution in [3.63, 3.8) is 0 Å². The van der Waals surface area contributed by atoms with E-state index in [9.17, 15) is 0 Å². The third-order valence-corrected chi connectivity index (χ3v) is 4.59. The number of fused-ring (bicyclic) bond motifs is 1. The van der Waals surface area contributed by atoms with E-state index in [1.807, 2.05) is 24.3 Å². The van der Waals surface area contributed by atoms with Gasteiger partial charge in [0.25, 0.3) is 0 Å². The molecule has 1 aliphatic heterocycles. The Morgan fingerprint density at radius 2 is 2.00 bits per heavy atom. The second-order valence-corrected chi connectivity index (χ2v) is 6.07. The maximum atomic E-state index is 5.91. The highest BCUT2D eigenvalue weighted by atomic mass is 16.5. The second kappa shape index (κ2) is 7.14. The molecule has 2 unspecified atom stereocenters. The Balaban J connectivity index is 1.41. The second-order valence-electron chi connectivity index (χ2n) is 6.07. The quantitative estimate of drug-likeness (QED) is 0.669. The lowest BCUT2D eigenvalue weighted by molar-refractivity contribution is -0.0887. The summed E-state index contributed by atoms with van der Waals surface area (Å²) in [6, 6.07) is 8.26. The van der Waals surface area contributed by atoms with Crippen LogP contribution >= 0.6 is 0 Å². The Kier molecular flexibility index (Phi) is 4.99. The molecule has 2 fully saturated rings. The van der Waals surface area contributed by atoms with Crippen LogP contribution in [0.15, 0.2) is 24.3 Å². The molecule has 2 N–H and O–H groups in total. The summed E-state index contributed by atoms with van der Waals surface area (Å²) in [7, 11) is 0. The van der Waals surface area contributed by atoms with Crippen molar-refractivity contribution in [2.24, 2.45) is 0 Å². The minimum Gasteiger partial charge on any atom is -0.494 e. The van der Waals surface area contributed by atoms with Crippen molar-refractivity contribution in [2.45, 2.75) is 44.2 Å². The van der Waals surface area contributed by atoms with Crippen molar-refractivity contribution >= 4 is 5.69 Å². The molecule has 1 heterocycles. The van der Waals surface area contributed by atoms with Gasteiger partial charge in [-0.25, -0.2) is 0 Å². The summed E-state index contributed by atoms with van der Waals surface area (Å²) >= 11 is 0. The van der Waals surface area contributed by atoms with Gasteiger partial charge >= 0.3 is 0 Å². The average Bonchev–Trinajstić information content (AvgIpc) is 2.53. The molecule has 4 nitrogen and oxygen atoms in total. The van der Waals surface area contributed by atoms with Crippen LogP contribution in [0.3, 0.4) is 0 Å². The van der Waals surface area contributed by atoms with Gasteiger partial charge in [0.1, 0.15) is 5.75 Å². The lowest BCUT2D eigenvalue weighted by Crippen LogP contribution is -2.52. The Morgan fingerprint density at radius 3 is 2.86 bits per heavy atom. The number of rotatable bonds is 5. The summed E-state index contributed by atoms with van der Waals surface area (Å²) in [6.45, 7) is 3.83. The first-order valence-corrected chi connectivity index (χ1v) is 8.17. The highest BCUT2D eigenvalue weighted by molar-refractivity contribution is 5.41. The van der Waals surface area contributed by atoms with E-state index in [-0.39, 0.29) is 0 Å². The largest absolute Gasteiger partial charge is 0.494 e. The molecule has 0 radical (unpaired) electrons. The van der Waals surface area contributed by atoms with E-state index in [1.54, 1.807) is 0 Å². The first-order valence-electron chi connectivity index (χ1n) is 8.17. The van der Waals surface area contributed by atoms with Crippen molar-refractivity contribution in [1.82, 2.24) is 4.90 Å². The zero-order chi connectivity index (χ0) is 14.5. The summed E-state index contributed by atoms with van der Waals surface area (Å²) < 4.78 is 11.7. The lowest BCUT2D eigenvalue weighted by atomic mass is 9.90. The van der Waals surface area contributed by atoms with Crippen molar-refractivity contribution in [3.05, 3.63) is 24.3 Å². The van der Waals surface area contributed by atoms with Crippen LogP contribution in [0.2, 0.25) is 0 Å². The van der Waals surface area contributed by atoms with Crippen molar-refractivity contribution in [1.29, 1.82) is 0 Å². The Morgan fingerprint density at radius 1 is 1.19 bits per heavy atom. The average molecular weight is 290 g/mol. The minimum atomic E-state index is 0.477. The maximum absolute atomic E-state index is 5.91. The summed E-state index contributed by atoms with van der Waals surface area (Å²) in [4.78, 5) is 2.61. The molecule has 0 spiro atoms. The van der Waals surface area contributed by atoms with E-state index in [0.717, 1.165) is 44.2 Å². The third kappa shape index (κ3) is 3.89. The Bertz CT molecular complexity index is 433. The van der Waals surface area contributed by atoms with Gasteiger partial charge in [-0.15, -0.1) is 0 Å². The van der Waals surface area contributed by atoms with Crippen LogP contribution in [0.25, 0.3) is 0 Å². The molecule has 1 saturated carbocycles. The molecule has 21 heavy (non-hydrogen) atoms. The fourth-order valence-electron chi connectivity index (χ4n) is 3.48. The third-order valence-electron chi connectivity index (χ3n) is 4.59. The topological polar surface area (TPSA) is 47.7 Å². The van der Waals surface area contributed by atoms with E-state index in [1.165, 1.54) is 25.7 Å². The van der Waals surface area contributed by atoms with Crippen LogP contribution in [0.4, 0.5) is 5.69 Å². The van der Waals surface area contributed by atoms with Crippen LogP contribution in [-0.4, -0.2) is 43.3 Å². The van der Waals surface area contributed by atoms with Gasteiger partial charge in [-0.3, -0.25) is 4.90 Å². The van der Waals surface area contributed by atoms with Crippen LogP contribution in [0.1, 0.15) is 32.1 Å². The van der Waals surface area contributed by atoms with Crippen LogP contribution < -0.4 is 10.5 Å². The molecule has 4 heteroatoms. The molecule has 1 aromatic rings. The van der Waals surface area contributed by atoms with Crippen LogP contribution in [-0.2, 0) is 4.74 Å². The first-order chi connectivity index (χ1) is 10.3. The Labute approximate surface area is 127 Å². The maximum Gasteiger partial charge on any atom is 0.119 e. The number of nitrogen functional groups attached to an aromatic ring is 1. The molecule has 0 amide bonds. The zero-order valence-corrected chi connectivity index (χ0v) is 12.7. The van der Waals surface area contributed by atoms with E-state index in [0.29, 0.717) is 12.1 Å². The van der Waals surface area contributed by atoms with Gasteiger partial charge < -0.3 is 15.2 Å². The number of benzene rings is 1. The van der Waals surface area contributed by atoms with E-state index in [2.05, 4.69) is 4.90 Å². The summed E-state index contributed by atoms with van der Waals surface area (Å²) in [6.07, 6.45) is 6.75. The highest BCUT2D eigenvalue weighted by Gasteiger charge is 2.33. The molecule has 3 rings (SSSR count). The van der Waals surface area contributed by atoms with Crippen LogP contribution in [0, 0.1) is 0 Å². The molecule has 0 aromatic heterocycles. The van der Waals surface area contributed by atoms with Gasteiger partial charge in [0, 0.05) is 24.8 Å². The van der Waals surface area contributed by atoms with Gasteiger partial charge in [0.2, 0.25) is 0 Å². The molecular weight excluding hydrogens is 264 g/mol. The first kappa shape index (κ1) is 14.7. The molecule has 2 aliphatic rings. The number of nitrogens with zero attached hydrogens (tertiary/aromatic N) is 1. The summed E-state index contributed by atoms with van der Waals surface area (Å²) in [5.74, 6) is 0.904. The van der Waals surface area contributed by atoms with Crippen molar-refractivity contribution in [3.8, 4) is 5.75 Å². The number of ether oxygens (including phenoxy) is 2. The number of hydrogen-bond acceptors (Lipinski definition) is 4.